The number of ether oxygens (including phenoxy) is 1. The minimum atomic E-state index is -0.0715. The predicted molar refractivity (Wildman–Crippen MR) is 71.9 cm³/mol. The van der Waals surface area contributed by atoms with Crippen LogP contribution in [0.1, 0.15) is 45.4 Å². The van der Waals surface area contributed by atoms with Gasteiger partial charge in [0.1, 0.15) is 0 Å². The molecule has 0 radical (unpaired) electrons. The van der Waals surface area contributed by atoms with Gasteiger partial charge in [0.25, 0.3) is 0 Å². The van der Waals surface area contributed by atoms with Gasteiger partial charge in [-0.2, -0.15) is 0 Å². The molecule has 0 aliphatic carbocycles. The van der Waals surface area contributed by atoms with Crippen LogP contribution in [0.2, 0.25) is 0 Å². The largest absolute Gasteiger partial charge is 0.377 e. The van der Waals surface area contributed by atoms with Crippen molar-refractivity contribution >= 4 is 5.91 Å². The summed E-state index contributed by atoms with van der Waals surface area (Å²) in [5, 5.41) is 0. The molecule has 106 valence electrons. The van der Waals surface area contributed by atoms with Crippen molar-refractivity contribution in [1.29, 1.82) is 0 Å². The van der Waals surface area contributed by atoms with Crippen molar-refractivity contribution in [3.8, 4) is 0 Å². The topological polar surface area (TPSA) is 67.6 Å². The van der Waals surface area contributed by atoms with Crippen LogP contribution in [-0.2, 0) is 9.53 Å². The predicted octanol–water partition coefficient (Wildman–Crippen LogP) is 1.04. The molecule has 0 spiro atoms. The number of rotatable bonds is 8. The van der Waals surface area contributed by atoms with Crippen molar-refractivity contribution in [3.05, 3.63) is 0 Å². The molecule has 1 fully saturated rings. The van der Waals surface area contributed by atoms with Crippen molar-refractivity contribution in [3.63, 3.8) is 0 Å². The highest BCUT2D eigenvalue weighted by Crippen LogP contribution is 2.14. The van der Waals surface area contributed by atoms with E-state index in [1.54, 1.807) is 0 Å². The van der Waals surface area contributed by atoms with E-state index in [1.165, 1.54) is 12.8 Å². The molecule has 0 bridgehead atoms. The second-order valence-electron chi connectivity index (χ2n) is 4.96. The van der Waals surface area contributed by atoms with Gasteiger partial charge in [-0.05, 0) is 45.2 Å². The second kappa shape index (κ2) is 9.30. The Morgan fingerprint density at radius 3 is 3.06 bits per heavy atom. The van der Waals surface area contributed by atoms with E-state index in [0.29, 0.717) is 12.5 Å². The van der Waals surface area contributed by atoms with Gasteiger partial charge in [-0.1, -0.05) is 6.92 Å². The van der Waals surface area contributed by atoms with Gasteiger partial charge in [-0.15, -0.1) is 0 Å². The van der Waals surface area contributed by atoms with E-state index in [-0.39, 0.29) is 5.91 Å². The summed E-state index contributed by atoms with van der Waals surface area (Å²) < 4.78 is 5.80. The molecular weight excluding hydrogens is 230 g/mol. The summed E-state index contributed by atoms with van der Waals surface area (Å²) in [6.45, 7) is 6.28. The zero-order valence-corrected chi connectivity index (χ0v) is 11.5. The molecule has 1 saturated heterocycles. The zero-order chi connectivity index (χ0) is 13.2. The lowest BCUT2D eigenvalue weighted by molar-refractivity contribution is -0.121. The number of nitrogens with two attached hydrogens (primary N) is 1. The Labute approximate surface area is 110 Å². The van der Waals surface area contributed by atoms with Crippen LogP contribution in [0, 0.1) is 0 Å². The summed E-state index contributed by atoms with van der Waals surface area (Å²) in [5.74, 6) is 4.96. The van der Waals surface area contributed by atoms with Gasteiger partial charge in [-0.25, -0.2) is 5.84 Å². The molecule has 0 aromatic heterocycles. The Bertz CT molecular complexity index is 236. The molecule has 5 heteroatoms. The van der Waals surface area contributed by atoms with Crippen LogP contribution in [0.15, 0.2) is 0 Å². The Balaban J connectivity index is 2.08. The number of hydrogen-bond acceptors (Lipinski definition) is 4. The third-order valence-electron chi connectivity index (χ3n) is 3.31. The fraction of sp³-hybridized carbons (Fsp3) is 0.923. The molecule has 1 rings (SSSR count). The number of piperidine rings is 1. The monoisotopic (exact) mass is 257 g/mol. The first-order chi connectivity index (χ1) is 8.76. The van der Waals surface area contributed by atoms with Crippen molar-refractivity contribution in [2.45, 2.75) is 51.6 Å². The summed E-state index contributed by atoms with van der Waals surface area (Å²) in [7, 11) is 0. The number of nitrogens with one attached hydrogen (secondary N) is 1. The number of hydrazine groups is 1. The van der Waals surface area contributed by atoms with E-state index in [4.69, 9.17) is 10.6 Å². The normalized spacial score (nSPS) is 20.9. The molecule has 3 N–H and O–H groups in total. The number of hydrogen-bond donors (Lipinski definition) is 2. The second-order valence-corrected chi connectivity index (χ2v) is 4.96. The van der Waals surface area contributed by atoms with Gasteiger partial charge < -0.3 is 9.64 Å². The number of carbonyl (C=O) groups is 1. The van der Waals surface area contributed by atoms with Gasteiger partial charge in [0.05, 0.1) is 6.10 Å². The van der Waals surface area contributed by atoms with Gasteiger partial charge >= 0.3 is 0 Å². The lowest BCUT2D eigenvalue weighted by Gasteiger charge is -2.32. The van der Waals surface area contributed by atoms with Crippen molar-refractivity contribution in [2.75, 3.05) is 26.2 Å². The standard InChI is InChI=1S/C13H27N3O2/c1-2-10-18-12-6-5-9-16(11-12)8-4-3-7-13(17)15-14/h12H,2-11,14H2,1H3,(H,15,17). The molecule has 5 nitrogen and oxygen atoms in total. The first-order valence-electron chi connectivity index (χ1n) is 7.09. The van der Waals surface area contributed by atoms with Crippen LogP contribution in [-0.4, -0.2) is 43.2 Å². The summed E-state index contributed by atoms with van der Waals surface area (Å²) in [6.07, 6.45) is 6.38. The third kappa shape index (κ3) is 6.33. The minimum absolute atomic E-state index is 0.0715. The van der Waals surface area contributed by atoms with E-state index in [1.807, 2.05) is 0 Å². The Kier molecular flexibility index (Phi) is 7.96. The first-order valence-corrected chi connectivity index (χ1v) is 7.09. The van der Waals surface area contributed by atoms with E-state index in [2.05, 4.69) is 17.2 Å². The molecule has 0 aromatic carbocycles. The Morgan fingerprint density at radius 1 is 1.50 bits per heavy atom. The van der Waals surface area contributed by atoms with Gasteiger partial charge in [0.15, 0.2) is 0 Å². The van der Waals surface area contributed by atoms with E-state index < -0.39 is 0 Å². The maximum absolute atomic E-state index is 11.0. The molecule has 0 saturated carbocycles. The minimum Gasteiger partial charge on any atom is -0.377 e. The van der Waals surface area contributed by atoms with Gasteiger partial charge in [0, 0.05) is 19.6 Å². The summed E-state index contributed by atoms with van der Waals surface area (Å²) in [4.78, 5) is 13.4. The van der Waals surface area contributed by atoms with Crippen molar-refractivity contribution in [1.82, 2.24) is 10.3 Å². The molecule has 18 heavy (non-hydrogen) atoms. The number of amides is 1. The molecule has 0 aromatic rings. The van der Waals surface area contributed by atoms with Crippen LogP contribution in [0.5, 0.6) is 0 Å². The highest BCUT2D eigenvalue weighted by molar-refractivity contribution is 5.75. The average molecular weight is 257 g/mol. The highest BCUT2D eigenvalue weighted by Gasteiger charge is 2.19. The maximum Gasteiger partial charge on any atom is 0.233 e. The van der Waals surface area contributed by atoms with Crippen molar-refractivity contribution < 1.29 is 9.53 Å². The fourth-order valence-electron chi connectivity index (χ4n) is 2.33. The lowest BCUT2D eigenvalue weighted by atomic mass is 10.1. The maximum atomic E-state index is 11.0. The summed E-state index contributed by atoms with van der Waals surface area (Å²) in [5.41, 5.74) is 2.16. The molecule has 1 atom stereocenters. The third-order valence-corrected chi connectivity index (χ3v) is 3.31. The van der Waals surface area contributed by atoms with Crippen LogP contribution in [0.3, 0.4) is 0 Å². The smallest absolute Gasteiger partial charge is 0.233 e. The van der Waals surface area contributed by atoms with Crippen LogP contribution >= 0.6 is 0 Å². The van der Waals surface area contributed by atoms with Crippen LogP contribution < -0.4 is 11.3 Å². The zero-order valence-electron chi connectivity index (χ0n) is 11.5. The Hall–Kier alpha value is -0.650. The van der Waals surface area contributed by atoms with Crippen LogP contribution in [0.25, 0.3) is 0 Å². The van der Waals surface area contributed by atoms with Crippen LogP contribution in [0.4, 0.5) is 0 Å². The molecule has 1 amide bonds. The summed E-state index contributed by atoms with van der Waals surface area (Å²) >= 11 is 0. The average Bonchev–Trinajstić information content (AvgIpc) is 2.41. The fourth-order valence-corrected chi connectivity index (χ4v) is 2.33. The van der Waals surface area contributed by atoms with E-state index in [9.17, 15) is 4.79 Å². The number of carbonyl (C=O) groups excluding carboxylic acids is 1. The molecule has 1 aliphatic heterocycles. The lowest BCUT2D eigenvalue weighted by Crippen LogP contribution is -2.40. The molecular formula is C13H27N3O2. The summed E-state index contributed by atoms with van der Waals surface area (Å²) in [6, 6.07) is 0. The molecule has 1 heterocycles. The number of unbranched alkanes of at least 4 members (excludes halogenated alkanes) is 1. The van der Waals surface area contributed by atoms with Gasteiger partial charge in [0.2, 0.25) is 5.91 Å². The number of nitrogens with zero attached hydrogens (tertiary/aromatic N) is 1. The van der Waals surface area contributed by atoms with Crippen molar-refractivity contribution in [2.24, 2.45) is 5.84 Å². The van der Waals surface area contributed by atoms with Gasteiger partial charge in [-0.3, -0.25) is 10.2 Å². The Morgan fingerprint density at radius 2 is 2.33 bits per heavy atom. The first kappa shape index (κ1) is 15.4. The molecule has 1 aliphatic rings. The highest BCUT2D eigenvalue weighted by atomic mass is 16.5. The molecule has 1 unspecified atom stereocenters. The quantitative estimate of drug-likeness (QED) is 0.295. The van der Waals surface area contributed by atoms with E-state index >= 15 is 0 Å². The van der Waals surface area contributed by atoms with E-state index in [0.717, 1.165) is 45.5 Å². The SMILES string of the molecule is CCCOC1CCCN(CCCCC(=O)NN)C1. The number of likely N-dealkylation sites (tertiary alicyclic amines) is 1.